The van der Waals surface area contributed by atoms with Gasteiger partial charge in [-0.05, 0) is 25.1 Å². The molecule has 2 N–H and O–H groups in total. The summed E-state index contributed by atoms with van der Waals surface area (Å²) in [6.07, 6.45) is 2.72. The number of aromatic nitrogens is 1. The van der Waals surface area contributed by atoms with Crippen molar-refractivity contribution in [3.8, 4) is 0 Å². The highest BCUT2D eigenvalue weighted by Crippen LogP contribution is 2.07. The molecule has 0 radical (unpaired) electrons. The van der Waals surface area contributed by atoms with Crippen LogP contribution in [-0.2, 0) is 0 Å². The molecule has 0 spiro atoms. The number of hydrogen-bond donors (Lipinski definition) is 2. The molecule has 1 aliphatic rings. The Bertz CT molecular complexity index is 440. The molecule has 1 aromatic heterocycles. The van der Waals surface area contributed by atoms with Gasteiger partial charge in [-0.25, -0.2) is 4.98 Å². The first-order valence-electron chi connectivity index (χ1n) is 7.51. The van der Waals surface area contributed by atoms with Crippen LogP contribution in [-0.4, -0.2) is 74.1 Å². The van der Waals surface area contributed by atoms with E-state index in [-0.39, 0.29) is 5.91 Å². The molecule has 2 heterocycles. The fourth-order valence-electron chi connectivity index (χ4n) is 2.34. The third-order valence-corrected chi connectivity index (χ3v) is 3.58. The number of nitrogens with one attached hydrogen (secondary N) is 2. The molecule has 0 bridgehead atoms. The van der Waals surface area contributed by atoms with E-state index in [0.717, 1.165) is 51.5 Å². The van der Waals surface area contributed by atoms with E-state index in [1.54, 1.807) is 25.2 Å². The van der Waals surface area contributed by atoms with Crippen molar-refractivity contribution >= 4 is 11.7 Å². The number of amides is 1. The van der Waals surface area contributed by atoms with Crippen LogP contribution >= 0.6 is 0 Å². The van der Waals surface area contributed by atoms with Gasteiger partial charge in [0, 0.05) is 53.0 Å². The summed E-state index contributed by atoms with van der Waals surface area (Å²) in [5.41, 5.74) is 0.617. The van der Waals surface area contributed by atoms with Crippen molar-refractivity contribution < 1.29 is 4.79 Å². The van der Waals surface area contributed by atoms with Gasteiger partial charge in [0.05, 0.1) is 5.56 Å². The molecular formula is C15H25N5O. The Kier molecular flexibility index (Phi) is 5.95. The average Bonchev–Trinajstić information content (AvgIpc) is 2.52. The summed E-state index contributed by atoms with van der Waals surface area (Å²) in [6.45, 7) is 6.48. The second-order valence-corrected chi connectivity index (χ2v) is 5.50. The fraction of sp³-hybridized carbons (Fsp3) is 0.600. The third kappa shape index (κ3) is 4.99. The molecule has 0 unspecified atom stereocenters. The van der Waals surface area contributed by atoms with E-state index in [0.29, 0.717) is 5.56 Å². The highest BCUT2D eigenvalue weighted by Gasteiger charge is 2.09. The molecule has 6 heteroatoms. The lowest BCUT2D eigenvalue weighted by molar-refractivity contribution is 0.0827. The Labute approximate surface area is 126 Å². The van der Waals surface area contributed by atoms with E-state index in [9.17, 15) is 4.79 Å². The van der Waals surface area contributed by atoms with Gasteiger partial charge in [0.2, 0.25) is 0 Å². The molecule has 0 aliphatic carbocycles. The number of rotatable bonds is 6. The van der Waals surface area contributed by atoms with E-state index >= 15 is 0 Å². The lowest BCUT2D eigenvalue weighted by Crippen LogP contribution is -2.44. The Morgan fingerprint density at radius 2 is 2.14 bits per heavy atom. The summed E-state index contributed by atoms with van der Waals surface area (Å²) in [7, 11) is 3.48. The minimum Gasteiger partial charge on any atom is -0.370 e. The minimum atomic E-state index is -0.0206. The largest absolute Gasteiger partial charge is 0.370 e. The predicted molar refractivity (Wildman–Crippen MR) is 84.7 cm³/mol. The quantitative estimate of drug-likeness (QED) is 0.747. The van der Waals surface area contributed by atoms with Crippen LogP contribution in [0.3, 0.4) is 0 Å². The summed E-state index contributed by atoms with van der Waals surface area (Å²) >= 11 is 0. The Morgan fingerprint density at radius 1 is 1.38 bits per heavy atom. The maximum absolute atomic E-state index is 11.7. The van der Waals surface area contributed by atoms with Gasteiger partial charge < -0.3 is 20.4 Å². The van der Waals surface area contributed by atoms with Crippen molar-refractivity contribution in [1.82, 2.24) is 20.1 Å². The number of hydrogen-bond acceptors (Lipinski definition) is 5. The smallest absolute Gasteiger partial charge is 0.254 e. The van der Waals surface area contributed by atoms with Crippen LogP contribution in [0.5, 0.6) is 0 Å². The Morgan fingerprint density at radius 3 is 2.76 bits per heavy atom. The van der Waals surface area contributed by atoms with Gasteiger partial charge in [0.25, 0.3) is 5.91 Å². The van der Waals surface area contributed by atoms with Gasteiger partial charge in [0.15, 0.2) is 0 Å². The Balaban J connectivity index is 1.69. The number of nitrogens with zero attached hydrogens (tertiary/aromatic N) is 3. The van der Waals surface area contributed by atoms with Gasteiger partial charge in [-0.1, -0.05) is 0 Å². The van der Waals surface area contributed by atoms with E-state index in [1.165, 1.54) is 0 Å². The van der Waals surface area contributed by atoms with Crippen molar-refractivity contribution in [2.24, 2.45) is 0 Å². The summed E-state index contributed by atoms with van der Waals surface area (Å²) < 4.78 is 0. The predicted octanol–water partition coefficient (Wildman–Crippen LogP) is 0.491. The van der Waals surface area contributed by atoms with Crippen LogP contribution in [0, 0.1) is 0 Å². The number of carbonyl (C=O) groups is 1. The van der Waals surface area contributed by atoms with Crippen molar-refractivity contribution in [3.05, 3.63) is 23.9 Å². The molecule has 2 rings (SSSR count). The summed E-state index contributed by atoms with van der Waals surface area (Å²) in [6, 6.07) is 3.68. The molecular weight excluding hydrogens is 266 g/mol. The maximum atomic E-state index is 11.7. The van der Waals surface area contributed by atoms with Gasteiger partial charge in [0.1, 0.15) is 5.82 Å². The molecule has 1 aromatic rings. The maximum Gasteiger partial charge on any atom is 0.254 e. The van der Waals surface area contributed by atoms with Crippen molar-refractivity contribution in [2.75, 3.05) is 58.7 Å². The van der Waals surface area contributed by atoms with Crippen LogP contribution in [0.4, 0.5) is 5.82 Å². The van der Waals surface area contributed by atoms with E-state index in [4.69, 9.17) is 0 Å². The number of pyridine rings is 1. The highest BCUT2D eigenvalue weighted by molar-refractivity contribution is 5.93. The van der Waals surface area contributed by atoms with Gasteiger partial charge in [-0.15, -0.1) is 0 Å². The lowest BCUT2D eigenvalue weighted by Gasteiger charge is -2.27. The first-order valence-corrected chi connectivity index (χ1v) is 7.51. The summed E-state index contributed by atoms with van der Waals surface area (Å²) in [5, 5.41) is 6.66. The SMILES string of the molecule is CN(C)C(=O)c1ccc(NCCCN2CCNCC2)nc1. The fourth-order valence-corrected chi connectivity index (χ4v) is 2.34. The molecule has 1 fully saturated rings. The van der Waals surface area contributed by atoms with Crippen LogP contribution in [0.25, 0.3) is 0 Å². The van der Waals surface area contributed by atoms with Crippen molar-refractivity contribution in [1.29, 1.82) is 0 Å². The van der Waals surface area contributed by atoms with Gasteiger partial charge >= 0.3 is 0 Å². The molecule has 21 heavy (non-hydrogen) atoms. The number of piperazine rings is 1. The van der Waals surface area contributed by atoms with Crippen molar-refractivity contribution in [3.63, 3.8) is 0 Å². The van der Waals surface area contributed by atoms with Crippen molar-refractivity contribution in [2.45, 2.75) is 6.42 Å². The molecule has 0 saturated carbocycles. The van der Waals surface area contributed by atoms with E-state index in [1.807, 2.05) is 12.1 Å². The van der Waals surface area contributed by atoms with Crippen LogP contribution in [0.1, 0.15) is 16.8 Å². The second-order valence-electron chi connectivity index (χ2n) is 5.50. The minimum absolute atomic E-state index is 0.0206. The van der Waals surface area contributed by atoms with E-state index in [2.05, 4.69) is 20.5 Å². The molecule has 1 amide bonds. The van der Waals surface area contributed by atoms with Gasteiger partial charge in [-0.3, -0.25) is 4.79 Å². The molecule has 0 aromatic carbocycles. The summed E-state index contributed by atoms with van der Waals surface area (Å²) in [4.78, 5) is 20.1. The molecule has 1 saturated heterocycles. The first kappa shape index (κ1) is 15.7. The molecule has 6 nitrogen and oxygen atoms in total. The number of carbonyl (C=O) groups excluding carboxylic acids is 1. The zero-order chi connectivity index (χ0) is 15.1. The van der Waals surface area contributed by atoms with E-state index < -0.39 is 0 Å². The zero-order valence-corrected chi connectivity index (χ0v) is 12.9. The average molecular weight is 291 g/mol. The van der Waals surface area contributed by atoms with Crippen LogP contribution in [0.15, 0.2) is 18.3 Å². The highest BCUT2D eigenvalue weighted by atomic mass is 16.2. The summed E-state index contributed by atoms with van der Waals surface area (Å²) in [5.74, 6) is 0.804. The van der Waals surface area contributed by atoms with Gasteiger partial charge in [-0.2, -0.15) is 0 Å². The standard InChI is InChI=1S/C15H25N5O/c1-19(2)15(21)13-4-5-14(18-12-13)17-6-3-9-20-10-7-16-8-11-20/h4-5,12,16H,3,6-11H2,1-2H3,(H,17,18). The molecule has 116 valence electrons. The Hall–Kier alpha value is -1.66. The monoisotopic (exact) mass is 291 g/mol. The van der Waals surface area contributed by atoms with Crippen LogP contribution < -0.4 is 10.6 Å². The van der Waals surface area contributed by atoms with Crippen LogP contribution in [0.2, 0.25) is 0 Å². The number of anilines is 1. The second kappa shape index (κ2) is 7.95. The molecule has 1 aliphatic heterocycles. The zero-order valence-electron chi connectivity index (χ0n) is 12.9. The lowest BCUT2D eigenvalue weighted by atomic mass is 10.2. The topological polar surface area (TPSA) is 60.5 Å². The third-order valence-electron chi connectivity index (χ3n) is 3.58. The first-order chi connectivity index (χ1) is 10.2. The normalized spacial score (nSPS) is 15.7. The molecule has 0 atom stereocenters.